The van der Waals surface area contributed by atoms with Gasteiger partial charge in [-0.25, -0.2) is 0 Å². The number of nitriles is 1. The van der Waals surface area contributed by atoms with E-state index < -0.39 is 0 Å². The maximum absolute atomic E-state index is 13.7. The van der Waals surface area contributed by atoms with Crippen molar-refractivity contribution < 1.29 is 4.79 Å². The summed E-state index contributed by atoms with van der Waals surface area (Å²) >= 11 is 7.02. The van der Waals surface area contributed by atoms with Crippen molar-refractivity contribution in [1.29, 1.82) is 5.26 Å². The molecule has 0 saturated carbocycles. The second-order valence-corrected chi connectivity index (χ2v) is 14.6. The zero-order chi connectivity index (χ0) is 32.9. The average Bonchev–Trinajstić information content (AvgIpc) is 3.33. The highest BCUT2D eigenvalue weighted by Gasteiger charge is 2.33. The van der Waals surface area contributed by atoms with Crippen molar-refractivity contribution in [3.63, 3.8) is 0 Å². The normalized spacial score (nSPS) is 16.5. The van der Waals surface area contributed by atoms with E-state index in [-0.39, 0.29) is 17.0 Å². The van der Waals surface area contributed by atoms with Gasteiger partial charge in [-0.1, -0.05) is 126 Å². The molecule has 2 fully saturated rings. The third-order valence-electron chi connectivity index (χ3n) is 9.46. The minimum absolute atomic E-state index is 0.0652. The predicted molar refractivity (Wildman–Crippen MR) is 197 cm³/mol. The molecule has 8 heteroatoms. The van der Waals surface area contributed by atoms with Crippen molar-refractivity contribution in [1.82, 2.24) is 9.47 Å². The van der Waals surface area contributed by atoms with Crippen molar-refractivity contribution in [3.8, 4) is 6.07 Å². The molecule has 2 aromatic rings. The van der Waals surface area contributed by atoms with Crippen molar-refractivity contribution in [2.75, 3.05) is 24.5 Å². The van der Waals surface area contributed by atoms with Gasteiger partial charge in [0.15, 0.2) is 0 Å². The zero-order valence-electron chi connectivity index (χ0n) is 28.2. The number of carbonyl (C=O) groups excluding carboxylic acids is 1. The summed E-state index contributed by atoms with van der Waals surface area (Å²) in [5.74, 6) is 1.35. The number of piperidine rings is 1. The molecule has 0 atom stereocenters. The van der Waals surface area contributed by atoms with Crippen LogP contribution in [0.25, 0.3) is 6.08 Å². The summed E-state index contributed by atoms with van der Waals surface area (Å²) in [6.45, 7) is 8.96. The number of thiocarbonyl (C=S) groups is 1. The van der Waals surface area contributed by atoms with Crippen molar-refractivity contribution >= 4 is 46.1 Å². The molecule has 1 amide bonds. The molecule has 6 nitrogen and oxygen atoms in total. The Bertz CT molecular complexity index is 1450. The fourth-order valence-electron chi connectivity index (χ4n) is 6.79. The van der Waals surface area contributed by atoms with Gasteiger partial charge in [0.2, 0.25) is 0 Å². The molecule has 2 aliphatic rings. The molecule has 1 aromatic carbocycles. The SMILES string of the molecule is CCCCCCCCCCCCN1C(=O)C(=Cc2c(C)c(C#N)c(=O)n(CCC)c2N2CCC(Cc3ccccc3)CC2)SC1=S. The smallest absolute Gasteiger partial charge is 0.270 e. The summed E-state index contributed by atoms with van der Waals surface area (Å²) in [6, 6.07) is 12.8. The number of thioether (sulfide) groups is 1. The lowest BCUT2D eigenvalue weighted by Gasteiger charge is -2.36. The molecule has 0 unspecified atom stereocenters. The van der Waals surface area contributed by atoms with Gasteiger partial charge in [0.25, 0.3) is 11.5 Å². The molecule has 0 radical (unpaired) electrons. The molecule has 4 rings (SSSR count). The number of benzene rings is 1. The first-order chi connectivity index (χ1) is 22.4. The summed E-state index contributed by atoms with van der Waals surface area (Å²) in [5, 5.41) is 10.0. The molecule has 0 spiro atoms. The van der Waals surface area contributed by atoms with E-state index in [0.717, 1.165) is 63.0 Å². The topological polar surface area (TPSA) is 69.3 Å². The quantitative estimate of drug-likeness (QED) is 0.0958. The Hall–Kier alpha value is -2.89. The third kappa shape index (κ3) is 9.35. The maximum atomic E-state index is 13.7. The van der Waals surface area contributed by atoms with Crippen LogP contribution in [0.5, 0.6) is 0 Å². The van der Waals surface area contributed by atoms with Crippen molar-refractivity contribution in [3.05, 3.63) is 67.8 Å². The molecule has 1 aromatic heterocycles. The Morgan fingerprint density at radius 1 is 0.913 bits per heavy atom. The molecule has 0 bridgehead atoms. The van der Waals surface area contributed by atoms with E-state index in [4.69, 9.17) is 12.2 Å². The first-order valence-electron chi connectivity index (χ1n) is 17.6. The summed E-state index contributed by atoms with van der Waals surface area (Å²) in [7, 11) is 0. The number of hydrogen-bond acceptors (Lipinski definition) is 6. The van der Waals surface area contributed by atoms with Crippen molar-refractivity contribution in [2.24, 2.45) is 5.92 Å². The number of pyridine rings is 1. The largest absolute Gasteiger partial charge is 0.357 e. The molecule has 46 heavy (non-hydrogen) atoms. The molecule has 0 N–H and O–H groups in total. The Labute approximate surface area is 286 Å². The van der Waals surface area contributed by atoms with Gasteiger partial charge in [-0.3, -0.25) is 19.1 Å². The molecular formula is C38H52N4O2S2. The minimum atomic E-state index is -0.242. The van der Waals surface area contributed by atoms with Crippen LogP contribution in [0.15, 0.2) is 40.0 Å². The molecule has 0 aliphatic carbocycles. The van der Waals surface area contributed by atoms with Gasteiger partial charge in [0.05, 0.1) is 4.91 Å². The Morgan fingerprint density at radius 2 is 1.54 bits per heavy atom. The molecule has 2 aliphatic heterocycles. The van der Waals surface area contributed by atoms with Crippen LogP contribution in [0, 0.1) is 24.2 Å². The summed E-state index contributed by atoms with van der Waals surface area (Å²) < 4.78 is 2.37. The van der Waals surface area contributed by atoms with Crippen LogP contribution in [-0.4, -0.2) is 39.3 Å². The first-order valence-corrected chi connectivity index (χ1v) is 18.8. The lowest BCUT2D eigenvalue weighted by molar-refractivity contribution is -0.122. The van der Waals surface area contributed by atoms with Crippen LogP contribution in [0.2, 0.25) is 0 Å². The monoisotopic (exact) mass is 660 g/mol. The molecule has 248 valence electrons. The van der Waals surface area contributed by atoms with Gasteiger partial charge in [-0.05, 0) is 62.1 Å². The van der Waals surface area contributed by atoms with Crippen molar-refractivity contribution in [2.45, 2.75) is 117 Å². The number of carbonyl (C=O) groups is 1. The standard InChI is InChI=1S/C38H52N4O2S2/c1-4-6-7-8-9-10-11-12-13-17-23-42-37(44)34(46-38(42)45)27-32-29(3)33(28-39)36(43)41(22-5-2)35(32)40-24-20-31(21-25-40)26-30-18-15-14-16-19-30/h14-16,18-19,27,31H,4-13,17,20-26H2,1-3H3. The van der Waals surface area contributed by atoms with Gasteiger partial charge in [-0.2, -0.15) is 5.26 Å². The number of hydrogen-bond donors (Lipinski definition) is 0. The fourth-order valence-corrected chi connectivity index (χ4v) is 8.08. The van der Waals surface area contributed by atoms with E-state index in [9.17, 15) is 14.9 Å². The highest BCUT2D eigenvalue weighted by atomic mass is 32.2. The van der Waals surface area contributed by atoms with E-state index in [1.807, 2.05) is 19.9 Å². The van der Waals surface area contributed by atoms with E-state index in [1.165, 1.54) is 68.7 Å². The van der Waals surface area contributed by atoms with E-state index in [1.54, 1.807) is 9.47 Å². The summed E-state index contributed by atoms with van der Waals surface area (Å²) in [5.41, 5.74) is 2.71. The van der Waals surface area contributed by atoms with Crippen LogP contribution in [-0.2, 0) is 17.8 Å². The molecular weight excluding hydrogens is 609 g/mol. The van der Waals surface area contributed by atoms with E-state index in [0.29, 0.717) is 33.8 Å². The van der Waals surface area contributed by atoms with Gasteiger partial charge in [-0.15, -0.1) is 0 Å². The Balaban J connectivity index is 1.48. The molecule has 3 heterocycles. The van der Waals surface area contributed by atoms with Gasteiger partial charge in [0.1, 0.15) is 21.8 Å². The first kappa shape index (κ1) is 36.0. The Kier molecular flexibility index (Phi) is 14.4. The summed E-state index contributed by atoms with van der Waals surface area (Å²) in [4.78, 5) is 31.9. The van der Waals surface area contributed by atoms with E-state index >= 15 is 0 Å². The number of aromatic nitrogens is 1. The van der Waals surface area contributed by atoms with Gasteiger partial charge in [0, 0.05) is 31.7 Å². The van der Waals surface area contributed by atoms with Crippen LogP contribution in [0.3, 0.4) is 0 Å². The lowest BCUT2D eigenvalue weighted by atomic mass is 9.90. The fraction of sp³-hybridized carbons (Fsp3) is 0.579. The number of nitrogens with zero attached hydrogens (tertiary/aromatic N) is 4. The van der Waals surface area contributed by atoms with Crippen LogP contribution < -0.4 is 10.5 Å². The average molecular weight is 661 g/mol. The van der Waals surface area contributed by atoms with E-state index in [2.05, 4.69) is 48.2 Å². The Morgan fingerprint density at radius 3 is 2.15 bits per heavy atom. The second-order valence-electron chi connectivity index (χ2n) is 12.9. The highest BCUT2D eigenvalue weighted by Crippen LogP contribution is 2.37. The maximum Gasteiger partial charge on any atom is 0.270 e. The minimum Gasteiger partial charge on any atom is -0.357 e. The molecule has 2 saturated heterocycles. The number of unbranched alkanes of at least 4 members (excludes halogenated alkanes) is 9. The number of anilines is 1. The van der Waals surface area contributed by atoms with Crippen LogP contribution in [0.4, 0.5) is 5.82 Å². The second kappa shape index (κ2) is 18.4. The lowest BCUT2D eigenvalue weighted by Crippen LogP contribution is -2.40. The van der Waals surface area contributed by atoms with Crippen LogP contribution in [0.1, 0.15) is 120 Å². The van der Waals surface area contributed by atoms with Gasteiger partial charge < -0.3 is 4.90 Å². The number of rotatable bonds is 17. The summed E-state index contributed by atoms with van der Waals surface area (Å²) in [6.07, 6.45) is 18.2. The zero-order valence-corrected chi connectivity index (χ0v) is 29.8. The number of amides is 1. The third-order valence-corrected chi connectivity index (χ3v) is 10.8. The van der Waals surface area contributed by atoms with Crippen LogP contribution >= 0.6 is 24.0 Å². The van der Waals surface area contributed by atoms with Gasteiger partial charge >= 0.3 is 0 Å². The predicted octanol–water partition coefficient (Wildman–Crippen LogP) is 9.02. The highest BCUT2D eigenvalue weighted by molar-refractivity contribution is 8.26.